The molecule has 4 nitrogen and oxygen atoms in total. The Morgan fingerprint density at radius 3 is 2.89 bits per heavy atom. The molecule has 1 aromatic heterocycles. The van der Waals surface area contributed by atoms with Gasteiger partial charge in [0.15, 0.2) is 0 Å². The van der Waals surface area contributed by atoms with E-state index in [1.165, 1.54) is 12.8 Å². The maximum Gasteiger partial charge on any atom is 0.131 e. The number of aromatic nitrogens is 2. The van der Waals surface area contributed by atoms with E-state index in [0.29, 0.717) is 11.6 Å². The van der Waals surface area contributed by atoms with Crippen molar-refractivity contribution in [1.29, 1.82) is 5.26 Å². The zero-order chi connectivity index (χ0) is 13.4. The minimum absolute atomic E-state index is 0.523. The van der Waals surface area contributed by atoms with Gasteiger partial charge in [0.25, 0.3) is 0 Å². The van der Waals surface area contributed by atoms with Crippen LogP contribution < -0.4 is 5.73 Å². The van der Waals surface area contributed by atoms with Crippen LogP contribution in [0.25, 0.3) is 11.3 Å². The van der Waals surface area contributed by atoms with Crippen molar-refractivity contribution in [2.45, 2.75) is 32.2 Å². The van der Waals surface area contributed by atoms with Crippen LogP contribution >= 0.6 is 0 Å². The molecule has 96 valence electrons. The fourth-order valence-electron chi connectivity index (χ4n) is 2.43. The molecule has 1 saturated carbocycles. The molecule has 2 N–H and O–H groups in total. The predicted octanol–water partition coefficient (Wildman–Crippen LogP) is 2.90. The van der Waals surface area contributed by atoms with Gasteiger partial charge >= 0.3 is 0 Å². The quantitative estimate of drug-likeness (QED) is 0.913. The number of nitrogen functional groups attached to an aromatic ring is 1. The highest BCUT2D eigenvalue weighted by molar-refractivity contribution is 5.72. The number of nitriles is 1. The van der Waals surface area contributed by atoms with Gasteiger partial charge in [-0.25, -0.2) is 4.98 Å². The molecule has 0 aliphatic heterocycles. The summed E-state index contributed by atoms with van der Waals surface area (Å²) in [6, 6.07) is 10.1. The van der Waals surface area contributed by atoms with Crippen LogP contribution in [0.5, 0.6) is 0 Å². The number of hydrogen-bond donors (Lipinski definition) is 1. The Hall–Kier alpha value is -2.28. The molecule has 0 amide bonds. The maximum atomic E-state index is 8.98. The minimum Gasteiger partial charge on any atom is -0.383 e. The van der Waals surface area contributed by atoms with Crippen molar-refractivity contribution in [3.63, 3.8) is 0 Å². The van der Waals surface area contributed by atoms with Crippen molar-refractivity contribution in [3.8, 4) is 17.3 Å². The Kier molecular flexibility index (Phi) is 2.75. The third-order valence-corrected chi connectivity index (χ3v) is 3.51. The first kappa shape index (κ1) is 11.8. The molecule has 0 unspecified atom stereocenters. The summed E-state index contributed by atoms with van der Waals surface area (Å²) in [7, 11) is 0. The van der Waals surface area contributed by atoms with Gasteiger partial charge in [-0.1, -0.05) is 19.1 Å². The molecule has 0 bridgehead atoms. The molecule has 0 spiro atoms. The highest BCUT2D eigenvalue weighted by atomic mass is 15.2. The van der Waals surface area contributed by atoms with E-state index in [-0.39, 0.29) is 0 Å². The van der Waals surface area contributed by atoms with Crippen molar-refractivity contribution in [2.75, 3.05) is 5.73 Å². The molecule has 0 radical (unpaired) electrons. The lowest BCUT2D eigenvalue weighted by molar-refractivity contribution is 0.696. The lowest BCUT2D eigenvalue weighted by Crippen LogP contribution is -2.04. The molecule has 2 aromatic rings. The maximum absolute atomic E-state index is 8.98. The lowest BCUT2D eigenvalue weighted by Gasteiger charge is -2.06. The number of hydrogen-bond acceptors (Lipinski definition) is 3. The van der Waals surface area contributed by atoms with Gasteiger partial charge in [0.05, 0.1) is 11.6 Å². The summed E-state index contributed by atoms with van der Waals surface area (Å²) < 4.78 is 2.16. The minimum atomic E-state index is 0.523. The van der Waals surface area contributed by atoms with Gasteiger partial charge in [-0.2, -0.15) is 5.26 Å². The van der Waals surface area contributed by atoms with Gasteiger partial charge in [-0.15, -0.1) is 0 Å². The zero-order valence-corrected chi connectivity index (χ0v) is 10.9. The van der Waals surface area contributed by atoms with Crippen LogP contribution in [0.1, 0.15) is 37.2 Å². The number of anilines is 1. The summed E-state index contributed by atoms with van der Waals surface area (Å²) in [5, 5.41) is 8.98. The first-order valence-corrected chi connectivity index (χ1v) is 6.61. The van der Waals surface area contributed by atoms with Crippen LogP contribution in [-0.4, -0.2) is 9.55 Å². The van der Waals surface area contributed by atoms with Crippen molar-refractivity contribution < 1.29 is 0 Å². The Bertz CT molecular complexity index is 659. The number of imidazole rings is 1. The van der Waals surface area contributed by atoms with Crippen LogP contribution in [0.4, 0.5) is 5.82 Å². The fourth-order valence-corrected chi connectivity index (χ4v) is 2.43. The summed E-state index contributed by atoms with van der Waals surface area (Å²) in [4.78, 5) is 4.66. The van der Waals surface area contributed by atoms with E-state index in [1.807, 2.05) is 18.2 Å². The largest absolute Gasteiger partial charge is 0.383 e. The molecule has 0 atom stereocenters. The van der Waals surface area contributed by atoms with Crippen molar-refractivity contribution in [1.82, 2.24) is 9.55 Å². The SMILES string of the molecule is CCc1nc(-c2cccc(C#N)c2)c(N)n1C1CC1. The van der Waals surface area contributed by atoms with E-state index in [4.69, 9.17) is 11.0 Å². The van der Waals surface area contributed by atoms with Gasteiger partial charge < -0.3 is 10.3 Å². The van der Waals surface area contributed by atoms with Crippen molar-refractivity contribution in [2.24, 2.45) is 0 Å². The molecular formula is C15H16N4. The van der Waals surface area contributed by atoms with Gasteiger partial charge in [-0.05, 0) is 25.0 Å². The summed E-state index contributed by atoms with van der Waals surface area (Å²) in [6.07, 6.45) is 3.25. The molecule has 1 aliphatic rings. The third kappa shape index (κ3) is 1.97. The highest BCUT2D eigenvalue weighted by Gasteiger charge is 2.29. The number of aryl methyl sites for hydroxylation is 1. The predicted molar refractivity (Wildman–Crippen MR) is 74.4 cm³/mol. The van der Waals surface area contributed by atoms with E-state index in [9.17, 15) is 0 Å². The molecule has 1 aliphatic carbocycles. The van der Waals surface area contributed by atoms with Crippen LogP contribution in [0, 0.1) is 11.3 Å². The van der Waals surface area contributed by atoms with Crippen LogP contribution in [-0.2, 0) is 6.42 Å². The third-order valence-electron chi connectivity index (χ3n) is 3.51. The van der Waals surface area contributed by atoms with E-state index >= 15 is 0 Å². The standard InChI is InChI=1S/C15H16N4/c1-2-13-18-14(15(17)19(13)12-6-7-12)11-5-3-4-10(8-11)9-16/h3-5,8,12H,2,6-7,17H2,1H3. The summed E-state index contributed by atoms with van der Waals surface area (Å²) in [5.41, 5.74) is 8.63. The van der Waals surface area contributed by atoms with E-state index in [2.05, 4.69) is 22.5 Å². The second-order valence-electron chi connectivity index (χ2n) is 4.91. The van der Waals surface area contributed by atoms with Crippen molar-refractivity contribution >= 4 is 5.82 Å². The number of rotatable bonds is 3. The normalized spacial score (nSPS) is 14.3. The average molecular weight is 252 g/mol. The van der Waals surface area contributed by atoms with E-state index in [1.54, 1.807) is 6.07 Å². The molecular weight excluding hydrogens is 236 g/mol. The molecule has 4 heteroatoms. The van der Waals surface area contributed by atoms with Crippen LogP contribution in [0.2, 0.25) is 0 Å². The summed E-state index contributed by atoms with van der Waals surface area (Å²) >= 11 is 0. The number of benzene rings is 1. The van der Waals surface area contributed by atoms with Crippen molar-refractivity contribution in [3.05, 3.63) is 35.7 Å². The molecule has 1 aromatic carbocycles. The Balaban J connectivity index is 2.12. The van der Waals surface area contributed by atoms with Gasteiger partial charge in [0.2, 0.25) is 0 Å². The molecule has 1 heterocycles. The van der Waals surface area contributed by atoms with Crippen LogP contribution in [0.3, 0.4) is 0 Å². The topological polar surface area (TPSA) is 67.6 Å². The zero-order valence-electron chi connectivity index (χ0n) is 10.9. The second-order valence-corrected chi connectivity index (χ2v) is 4.91. The first-order valence-electron chi connectivity index (χ1n) is 6.61. The number of nitrogens with zero attached hydrogens (tertiary/aromatic N) is 3. The molecule has 1 fully saturated rings. The van der Waals surface area contributed by atoms with Gasteiger partial charge in [0.1, 0.15) is 17.3 Å². The first-order chi connectivity index (χ1) is 9.24. The molecule has 19 heavy (non-hydrogen) atoms. The van der Waals surface area contributed by atoms with E-state index in [0.717, 1.165) is 29.3 Å². The van der Waals surface area contributed by atoms with Gasteiger partial charge in [0, 0.05) is 18.0 Å². The van der Waals surface area contributed by atoms with E-state index < -0.39 is 0 Å². The Morgan fingerprint density at radius 2 is 2.26 bits per heavy atom. The molecule has 3 rings (SSSR count). The lowest BCUT2D eigenvalue weighted by atomic mass is 10.1. The summed E-state index contributed by atoms with van der Waals surface area (Å²) in [6.45, 7) is 2.09. The highest BCUT2D eigenvalue weighted by Crippen LogP contribution is 2.41. The fraction of sp³-hybridized carbons (Fsp3) is 0.333. The molecule has 0 saturated heterocycles. The van der Waals surface area contributed by atoms with Gasteiger partial charge in [-0.3, -0.25) is 0 Å². The number of nitrogens with two attached hydrogens (primary N) is 1. The average Bonchev–Trinajstić information content (AvgIpc) is 3.22. The van der Waals surface area contributed by atoms with Crippen LogP contribution in [0.15, 0.2) is 24.3 Å². The Morgan fingerprint density at radius 1 is 1.47 bits per heavy atom. The summed E-state index contributed by atoms with van der Waals surface area (Å²) in [5.74, 6) is 1.77. The monoisotopic (exact) mass is 252 g/mol. The Labute approximate surface area is 112 Å². The second kappa shape index (κ2) is 4.43. The smallest absolute Gasteiger partial charge is 0.131 e.